The molecule has 1 rings (SSSR count). The van der Waals surface area contributed by atoms with Crippen LogP contribution in [0, 0.1) is 0 Å². The van der Waals surface area contributed by atoms with E-state index in [0.717, 1.165) is 5.56 Å². The minimum absolute atomic E-state index is 0.285. The van der Waals surface area contributed by atoms with Crippen LogP contribution in [0.4, 0.5) is 0 Å². The molecule has 0 spiro atoms. The van der Waals surface area contributed by atoms with Crippen LogP contribution in [-0.4, -0.2) is 40.7 Å². The molecule has 0 aliphatic rings. The summed E-state index contributed by atoms with van der Waals surface area (Å²) in [6.45, 7) is 4.01. The summed E-state index contributed by atoms with van der Waals surface area (Å²) >= 11 is 6.01. The fourth-order valence-electron chi connectivity index (χ4n) is 1.33. The normalized spacial score (nSPS) is 14.2. The molecule has 0 fully saturated rings. The van der Waals surface area contributed by atoms with Gasteiger partial charge in [-0.2, -0.15) is 0 Å². The van der Waals surface area contributed by atoms with Gasteiger partial charge in [0.1, 0.15) is 0 Å². The molecule has 1 heterocycles. The average Bonchev–Trinajstić information content (AvgIpc) is 2.21. The van der Waals surface area contributed by atoms with Gasteiger partial charge in [-0.15, -0.1) is 0 Å². The number of aromatic nitrogens is 1. The molecule has 3 nitrogen and oxygen atoms in total. The van der Waals surface area contributed by atoms with E-state index in [1.807, 2.05) is 38.9 Å². The first-order valence-corrected chi connectivity index (χ1v) is 5.67. The number of halogens is 1. The molecular formula is C12H19ClN2O. The lowest BCUT2D eigenvalue weighted by atomic mass is 9.91. The van der Waals surface area contributed by atoms with Gasteiger partial charge in [0.05, 0.1) is 11.1 Å². The van der Waals surface area contributed by atoms with Gasteiger partial charge in [-0.1, -0.05) is 11.6 Å². The van der Waals surface area contributed by atoms with E-state index in [-0.39, 0.29) is 5.54 Å². The maximum Gasteiger partial charge on any atom is 0.0759 e. The summed E-state index contributed by atoms with van der Waals surface area (Å²) in [5.41, 5.74) is 0.645. The van der Waals surface area contributed by atoms with Gasteiger partial charge in [0.15, 0.2) is 0 Å². The molecule has 0 amide bonds. The third kappa shape index (κ3) is 2.94. The van der Waals surface area contributed by atoms with Gasteiger partial charge in [0, 0.05) is 24.4 Å². The molecule has 1 N–H and O–H groups in total. The number of aliphatic hydroxyl groups is 1. The predicted molar refractivity (Wildman–Crippen MR) is 66.7 cm³/mol. The van der Waals surface area contributed by atoms with Crippen LogP contribution < -0.4 is 0 Å². The second-order valence-corrected chi connectivity index (χ2v) is 5.14. The first-order chi connectivity index (χ1) is 7.35. The first-order valence-electron chi connectivity index (χ1n) is 5.29. The highest BCUT2D eigenvalue weighted by Gasteiger charge is 2.30. The fraction of sp³-hybridized carbons (Fsp3) is 0.583. The van der Waals surface area contributed by atoms with Crippen LogP contribution in [0.15, 0.2) is 18.5 Å². The van der Waals surface area contributed by atoms with Gasteiger partial charge >= 0.3 is 0 Å². The minimum atomic E-state index is -0.470. The van der Waals surface area contributed by atoms with Crippen LogP contribution >= 0.6 is 11.6 Å². The first kappa shape index (κ1) is 13.4. The molecule has 1 atom stereocenters. The van der Waals surface area contributed by atoms with Crippen molar-refractivity contribution in [1.29, 1.82) is 0 Å². The van der Waals surface area contributed by atoms with E-state index in [1.165, 1.54) is 0 Å². The van der Waals surface area contributed by atoms with Crippen molar-refractivity contribution in [3.05, 3.63) is 29.0 Å². The van der Waals surface area contributed by atoms with Crippen LogP contribution in [0.2, 0.25) is 5.02 Å². The number of hydrogen-bond acceptors (Lipinski definition) is 3. The van der Waals surface area contributed by atoms with E-state index < -0.39 is 6.10 Å². The Morgan fingerprint density at radius 3 is 2.62 bits per heavy atom. The van der Waals surface area contributed by atoms with Crippen LogP contribution in [0.3, 0.4) is 0 Å². The Balaban J connectivity index is 2.79. The molecule has 1 aromatic rings. The highest BCUT2D eigenvalue weighted by Crippen LogP contribution is 2.22. The van der Waals surface area contributed by atoms with E-state index in [9.17, 15) is 5.11 Å². The standard InChI is InChI=1S/C12H19ClN2O/c1-12(2,15(3)4)11(16)7-9-5-6-14-8-10(9)13/h5-6,8,11,16H,7H2,1-4H3. The molecule has 0 aliphatic heterocycles. The van der Waals surface area contributed by atoms with Gasteiger partial charge in [-0.25, -0.2) is 0 Å². The second kappa shape index (κ2) is 5.13. The summed E-state index contributed by atoms with van der Waals surface area (Å²) in [7, 11) is 3.91. The van der Waals surface area contributed by atoms with E-state index in [4.69, 9.17) is 11.6 Å². The van der Waals surface area contributed by atoms with Crippen molar-refractivity contribution in [3.8, 4) is 0 Å². The summed E-state index contributed by atoms with van der Waals surface area (Å²) in [5, 5.41) is 10.8. The average molecular weight is 243 g/mol. The van der Waals surface area contributed by atoms with E-state index in [1.54, 1.807) is 12.4 Å². The van der Waals surface area contributed by atoms with E-state index in [2.05, 4.69) is 4.98 Å². The van der Waals surface area contributed by atoms with Crippen molar-refractivity contribution in [2.75, 3.05) is 14.1 Å². The maximum atomic E-state index is 10.2. The zero-order valence-corrected chi connectivity index (χ0v) is 11.0. The number of pyridine rings is 1. The van der Waals surface area contributed by atoms with E-state index >= 15 is 0 Å². The smallest absolute Gasteiger partial charge is 0.0759 e. The number of likely N-dealkylation sites (N-methyl/N-ethyl adjacent to an activating group) is 1. The van der Waals surface area contributed by atoms with Gasteiger partial charge in [0.2, 0.25) is 0 Å². The Labute approximate surface area is 102 Å². The zero-order chi connectivity index (χ0) is 12.3. The van der Waals surface area contributed by atoms with Crippen LogP contribution in [0.25, 0.3) is 0 Å². The van der Waals surface area contributed by atoms with Crippen molar-refractivity contribution in [1.82, 2.24) is 9.88 Å². The zero-order valence-electron chi connectivity index (χ0n) is 10.2. The van der Waals surface area contributed by atoms with Gasteiger partial charge < -0.3 is 10.0 Å². The van der Waals surface area contributed by atoms with Crippen molar-refractivity contribution >= 4 is 11.6 Å². The van der Waals surface area contributed by atoms with E-state index in [0.29, 0.717) is 11.4 Å². The van der Waals surface area contributed by atoms with Gasteiger partial charge in [-0.05, 0) is 39.6 Å². The quantitative estimate of drug-likeness (QED) is 0.877. The summed E-state index contributed by atoms with van der Waals surface area (Å²) < 4.78 is 0. The fourth-order valence-corrected chi connectivity index (χ4v) is 1.52. The molecule has 1 unspecified atom stereocenters. The van der Waals surface area contributed by atoms with Crippen molar-refractivity contribution in [2.24, 2.45) is 0 Å². The van der Waals surface area contributed by atoms with Crippen LogP contribution in [-0.2, 0) is 6.42 Å². The van der Waals surface area contributed by atoms with Crippen LogP contribution in [0.5, 0.6) is 0 Å². The largest absolute Gasteiger partial charge is 0.391 e. The highest BCUT2D eigenvalue weighted by molar-refractivity contribution is 6.31. The van der Waals surface area contributed by atoms with Gasteiger partial charge in [0.25, 0.3) is 0 Å². The lowest BCUT2D eigenvalue weighted by Crippen LogP contribution is -2.49. The Hall–Kier alpha value is -0.640. The summed E-state index contributed by atoms with van der Waals surface area (Å²) in [4.78, 5) is 5.93. The molecule has 16 heavy (non-hydrogen) atoms. The third-order valence-corrected chi connectivity index (χ3v) is 3.58. The Morgan fingerprint density at radius 1 is 1.50 bits per heavy atom. The van der Waals surface area contributed by atoms with Crippen molar-refractivity contribution in [2.45, 2.75) is 31.9 Å². The van der Waals surface area contributed by atoms with Crippen LogP contribution in [0.1, 0.15) is 19.4 Å². The Kier molecular flexibility index (Phi) is 4.30. The number of nitrogens with zero attached hydrogens (tertiary/aromatic N) is 2. The molecule has 4 heteroatoms. The number of rotatable bonds is 4. The molecule has 90 valence electrons. The third-order valence-electron chi connectivity index (χ3n) is 3.24. The molecular weight excluding hydrogens is 224 g/mol. The Bertz CT molecular complexity index is 353. The molecule has 0 saturated heterocycles. The van der Waals surface area contributed by atoms with Gasteiger partial charge in [-0.3, -0.25) is 4.98 Å². The minimum Gasteiger partial charge on any atom is -0.391 e. The summed E-state index contributed by atoms with van der Waals surface area (Å²) in [6, 6.07) is 1.84. The molecule has 0 bridgehead atoms. The summed E-state index contributed by atoms with van der Waals surface area (Å²) in [6.07, 6.45) is 3.36. The molecule has 0 radical (unpaired) electrons. The highest BCUT2D eigenvalue weighted by atomic mass is 35.5. The summed E-state index contributed by atoms with van der Waals surface area (Å²) in [5.74, 6) is 0. The lowest BCUT2D eigenvalue weighted by molar-refractivity contribution is 0.0183. The Morgan fingerprint density at radius 2 is 2.12 bits per heavy atom. The number of aliphatic hydroxyl groups excluding tert-OH is 1. The molecule has 1 aromatic heterocycles. The molecule has 0 aromatic carbocycles. The van der Waals surface area contributed by atoms with Crippen molar-refractivity contribution < 1.29 is 5.11 Å². The van der Waals surface area contributed by atoms with Crippen molar-refractivity contribution in [3.63, 3.8) is 0 Å². The maximum absolute atomic E-state index is 10.2. The molecule has 0 saturated carbocycles. The second-order valence-electron chi connectivity index (χ2n) is 4.74. The lowest BCUT2D eigenvalue weighted by Gasteiger charge is -2.37. The topological polar surface area (TPSA) is 36.4 Å². The molecule has 0 aliphatic carbocycles. The SMILES string of the molecule is CN(C)C(C)(C)C(O)Cc1ccncc1Cl. The number of hydrogen-bond donors (Lipinski definition) is 1. The monoisotopic (exact) mass is 242 g/mol. The predicted octanol–water partition coefficient (Wildman–Crippen LogP) is 1.98.